The summed E-state index contributed by atoms with van der Waals surface area (Å²) >= 11 is 0. The summed E-state index contributed by atoms with van der Waals surface area (Å²) in [7, 11) is 0. The molecule has 1 amide bonds. The summed E-state index contributed by atoms with van der Waals surface area (Å²) in [6, 6.07) is 11.8. The molecule has 2 N–H and O–H groups in total. The minimum absolute atomic E-state index is 0.0638. The Morgan fingerprint density at radius 2 is 1.84 bits per heavy atom. The summed E-state index contributed by atoms with van der Waals surface area (Å²) in [6.45, 7) is -0.526. The summed E-state index contributed by atoms with van der Waals surface area (Å²) < 4.78 is 49.3. The van der Waals surface area contributed by atoms with Crippen LogP contribution >= 0.6 is 0 Å². The average Bonchev–Trinajstić information content (AvgIpc) is 2.59. The maximum absolute atomic E-state index is 13.2. The van der Waals surface area contributed by atoms with Crippen LogP contribution in [0.3, 0.4) is 0 Å². The van der Waals surface area contributed by atoms with Crippen LogP contribution in [0, 0.1) is 0 Å². The van der Waals surface area contributed by atoms with Crippen LogP contribution in [0.25, 0.3) is 0 Å². The van der Waals surface area contributed by atoms with E-state index in [2.05, 4.69) is 5.32 Å². The van der Waals surface area contributed by atoms with E-state index in [-0.39, 0.29) is 25.6 Å². The zero-order chi connectivity index (χ0) is 18.3. The molecule has 0 bridgehead atoms. The number of carbonyl (C=O) groups excluding carboxylic acids is 1. The average molecular weight is 355 g/mol. The van der Waals surface area contributed by atoms with Gasteiger partial charge in [0.1, 0.15) is 19.0 Å². The second kappa shape index (κ2) is 8.39. The number of nitrogens with one attached hydrogen (secondary N) is 1. The third-order valence-electron chi connectivity index (χ3n) is 3.11. The van der Waals surface area contributed by atoms with Crippen molar-refractivity contribution >= 4 is 11.8 Å². The van der Waals surface area contributed by atoms with E-state index < -0.39 is 23.5 Å². The van der Waals surface area contributed by atoms with Gasteiger partial charge in [0.2, 0.25) is 0 Å². The Labute approximate surface area is 142 Å². The topological polar surface area (TPSA) is 67.8 Å². The number of anilines is 1. The van der Waals surface area contributed by atoms with E-state index in [9.17, 15) is 18.0 Å². The van der Waals surface area contributed by atoms with Gasteiger partial charge in [-0.3, -0.25) is 5.32 Å². The molecule has 0 aliphatic carbocycles. The number of rotatable bonds is 6. The lowest BCUT2D eigenvalue weighted by Crippen LogP contribution is -2.18. The molecule has 5 nitrogen and oxygen atoms in total. The molecule has 2 rings (SSSR count). The zero-order valence-corrected chi connectivity index (χ0v) is 13.0. The SMILES string of the molecule is O=C(Nc1ccc(OCCO)cc1C(F)(F)F)OCc1ccccc1. The first-order chi connectivity index (χ1) is 11.9. The standard InChI is InChI=1S/C17H16F3NO4/c18-17(19,20)14-10-13(24-9-8-22)6-7-15(14)21-16(23)25-11-12-4-2-1-3-5-12/h1-7,10,22H,8-9,11H2,(H,21,23). The zero-order valence-electron chi connectivity index (χ0n) is 13.0. The van der Waals surface area contributed by atoms with Gasteiger partial charge < -0.3 is 14.6 Å². The lowest BCUT2D eigenvalue weighted by atomic mass is 10.1. The van der Waals surface area contributed by atoms with Gasteiger partial charge in [0, 0.05) is 0 Å². The quantitative estimate of drug-likeness (QED) is 0.827. The van der Waals surface area contributed by atoms with Gasteiger partial charge in [-0.15, -0.1) is 0 Å². The smallest absolute Gasteiger partial charge is 0.418 e. The molecule has 0 heterocycles. The summed E-state index contributed by atoms with van der Waals surface area (Å²) in [5, 5.41) is 10.7. The molecule has 0 saturated heterocycles. The van der Waals surface area contributed by atoms with Crippen LogP contribution in [0.1, 0.15) is 11.1 Å². The molecule has 2 aromatic carbocycles. The molecule has 8 heteroatoms. The van der Waals surface area contributed by atoms with Gasteiger partial charge in [-0.1, -0.05) is 30.3 Å². The number of ether oxygens (including phenoxy) is 2. The number of aliphatic hydroxyl groups excluding tert-OH is 1. The predicted octanol–water partition coefficient (Wildman–Crippen LogP) is 3.83. The lowest BCUT2D eigenvalue weighted by Gasteiger charge is -2.15. The van der Waals surface area contributed by atoms with Crippen molar-refractivity contribution in [2.24, 2.45) is 0 Å². The molecule has 0 aliphatic rings. The third kappa shape index (κ3) is 5.68. The Kier molecular flexibility index (Phi) is 6.24. The van der Waals surface area contributed by atoms with E-state index in [1.807, 2.05) is 0 Å². The van der Waals surface area contributed by atoms with Crippen LogP contribution in [-0.2, 0) is 17.5 Å². The molecular formula is C17H16F3NO4. The van der Waals surface area contributed by atoms with E-state index in [0.29, 0.717) is 5.56 Å². The molecule has 0 radical (unpaired) electrons. The van der Waals surface area contributed by atoms with Crippen LogP contribution < -0.4 is 10.1 Å². The van der Waals surface area contributed by atoms with Crippen molar-refractivity contribution in [2.75, 3.05) is 18.5 Å². The molecule has 134 valence electrons. The van der Waals surface area contributed by atoms with Gasteiger partial charge in [0.25, 0.3) is 0 Å². The highest BCUT2D eigenvalue weighted by Gasteiger charge is 2.34. The van der Waals surface area contributed by atoms with Gasteiger partial charge >= 0.3 is 12.3 Å². The molecule has 0 atom stereocenters. The number of hydrogen-bond acceptors (Lipinski definition) is 4. The van der Waals surface area contributed by atoms with E-state index >= 15 is 0 Å². The number of benzene rings is 2. The number of aliphatic hydroxyl groups is 1. The van der Waals surface area contributed by atoms with E-state index in [0.717, 1.165) is 12.1 Å². The Hall–Kier alpha value is -2.74. The highest BCUT2D eigenvalue weighted by molar-refractivity contribution is 5.86. The number of alkyl halides is 3. The first-order valence-corrected chi connectivity index (χ1v) is 7.33. The summed E-state index contributed by atoms with van der Waals surface area (Å²) in [4.78, 5) is 11.8. The molecule has 0 aliphatic heterocycles. The molecular weight excluding hydrogens is 339 g/mol. The third-order valence-corrected chi connectivity index (χ3v) is 3.11. The van der Waals surface area contributed by atoms with Gasteiger partial charge in [-0.25, -0.2) is 4.79 Å². The number of halogens is 3. The van der Waals surface area contributed by atoms with E-state index in [4.69, 9.17) is 14.6 Å². The Morgan fingerprint density at radius 1 is 1.12 bits per heavy atom. The lowest BCUT2D eigenvalue weighted by molar-refractivity contribution is -0.137. The summed E-state index contributed by atoms with van der Waals surface area (Å²) in [5.74, 6) is -0.0652. The highest BCUT2D eigenvalue weighted by atomic mass is 19.4. The van der Waals surface area contributed by atoms with E-state index in [1.165, 1.54) is 6.07 Å². The molecule has 0 aromatic heterocycles. The fourth-order valence-corrected chi connectivity index (χ4v) is 1.99. The van der Waals surface area contributed by atoms with Crippen LogP contribution in [0.15, 0.2) is 48.5 Å². The van der Waals surface area contributed by atoms with Crippen LogP contribution in [0.4, 0.5) is 23.7 Å². The first kappa shape index (κ1) is 18.6. The Bertz CT molecular complexity index is 705. The van der Waals surface area contributed by atoms with Gasteiger partial charge in [0.15, 0.2) is 0 Å². The van der Waals surface area contributed by atoms with Gasteiger partial charge in [-0.2, -0.15) is 13.2 Å². The second-order valence-corrected chi connectivity index (χ2v) is 4.96. The van der Waals surface area contributed by atoms with Gasteiger partial charge in [0.05, 0.1) is 17.9 Å². The van der Waals surface area contributed by atoms with Crippen molar-refractivity contribution in [3.63, 3.8) is 0 Å². The van der Waals surface area contributed by atoms with Crippen LogP contribution in [-0.4, -0.2) is 24.4 Å². The number of hydrogen-bond donors (Lipinski definition) is 2. The number of amides is 1. The van der Waals surface area contributed by atoms with E-state index in [1.54, 1.807) is 30.3 Å². The maximum Gasteiger partial charge on any atom is 0.418 e. The maximum atomic E-state index is 13.2. The van der Waals surface area contributed by atoms with Crippen molar-refractivity contribution in [3.8, 4) is 5.75 Å². The Morgan fingerprint density at radius 3 is 2.48 bits per heavy atom. The molecule has 25 heavy (non-hydrogen) atoms. The largest absolute Gasteiger partial charge is 0.491 e. The fourth-order valence-electron chi connectivity index (χ4n) is 1.99. The first-order valence-electron chi connectivity index (χ1n) is 7.33. The van der Waals surface area contributed by atoms with Crippen molar-refractivity contribution in [2.45, 2.75) is 12.8 Å². The van der Waals surface area contributed by atoms with Crippen molar-refractivity contribution < 1.29 is 32.5 Å². The van der Waals surface area contributed by atoms with Crippen LogP contribution in [0.5, 0.6) is 5.75 Å². The van der Waals surface area contributed by atoms with Crippen molar-refractivity contribution in [1.82, 2.24) is 0 Å². The van der Waals surface area contributed by atoms with Crippen LogP contribution in [0.2, 0.25) is 0 Å². The van der Waals surface area contributed by atoms with Crippen molar-refractivity contribution in [3.05, 3.63) is 59.7 Å². The monoisotopic (exact) mass is 355 g/mol. The second-order valence-electron chi connectivity index (χ2n) is 4.96. The molecule has 2 aromatic rings. The molecule has 0 unspecified atom stereocenters. The fraction of sp³-hybridized carbons (Fsp3) is 0.235. The molecule has 0 spiro atoms. The minimum atomic E-state index is -4.69. The minimum Gasteiger partial charge on any atom is -0.491 e. The molecule has 0 saturated carbocycles. The van der Waals surface area contributed by atoms with Crippen molar-refractivity contribution in [1.29, 1.82) is 0 Å². The number of carbonyl (C=O) groups is 1. The summed E-state index contributed by atoms with van der Waals surface area (Å²) in [5.41, 5.74) is -0.803. The normalized spacial score (nSPS) is 11.0. The van der Waals surface area contributed by atoms with Gasteiger partial charge in [-0.05, 0) is 23.8 Å². The Balaban J connectivity index is 2.07. The predicted molar refractivity (Wildman–Crippen MR) is 84.3 cm³/mol. The molecule has 0 fully saturated rings. The summed E-state index contributed by atoms with van der Waals surface area (Å²) in [6.07, 6.45) is -5.70. The highest BCUT2D eigenvalue weighted by Crippen LogP contribution is 2.37.